The summed E-state index contributed by atoms with van der Waals surface area (Å²) in [5, 5.41) is 19.2. The van der Waals surface area contributed by atoms with Crippen LogP contribution in [0.2, 0.25) is 0 Å². The van der Waals surface area contributed by atoms with Crippen LogP contribution in [0.3, 0.4) is 0 Å². The molecule has 0 radical (unpaired) electrons. The van der Waals surface area contributed by atoms with Gasteiger partial charge in [-0.1, -0.05) is 36.0 Å². The van der Waals surface area contributed by atoms with Crippen molar-refractivity contribution in [2.24, 2.45) is 0 Å². The van der Waals surface area contributed by atoms with Gasteiger partial charge in [-0.25, -0.2) is 4.68 Å². The molecule has 0 amide bonds. The van der Waals surface area contributed by atoms with E-state index in [1.807, 2.05) is 0 Å². The summed E-state index contributed by atoms with van der Waals surface area (Å²) in [7, 11) is 0. The summed E-state index contributed by atoms with van der Waals surface area (Å²) in [6.45, 7) is 1.74. The van der Waals surface area contributed by atoms with Crippen LogP contribution in [-0.2, 0) is 5.75 Å². The zero-order chi connectivity index (χ0) is 13.1. The normalized spacial score (nSPS) is 10.5. The van der Waals surface area contributed by atoms with E-state index in [1.165, 1.54) is 22.5 Å². The maximum absolute atomic E-state index is 10.9. The molecule has 18 heavy (non-hydrogen) atoms. The molecule has 1 aromatic carbocycles. The lowest BCUT2D eigenvalue weighted by atomic mass is 10.1. The Kier molecular flexibility index (Phi) is 3.52. The number of carboxylic acid groups (broad SMARTS) is 1. The molecular formula is C11H11N4O2S-. The van der Waals surface area contributed by atoms with Crippen molar-refractivity contribution in [1.29, 1.82) is 0 Å². The van der Waals surface area contributed by atoms with Gasteiger partial charge in [0.05, 0.1) is 5.97 Å². The highest BCUT2D eigenvalue weighted by molar-refractivity contribution is 7.98. The Morgan fingerprint density at radius 2 is 2.17 bits per heavy atom. The highest BCUT2D eigenvalue weighted by Crippen LogP contribution is 2.22. The van der Waals surface area contributed by atoms with Gasteiger partial charge in [-0.15, -0.1) is 10.2 Å². The topological polar surface area (TPSA) is 96.9 Å². The molecule has 2 aromatic rings. The highest BCUT2D eigenvalue weighted by atomic mass is 32.2. The third-order valence-corrected chi connectivity index (χ3v) is 3.42. The summed E-state index contributed by atoms with van der Waals surface area (Å²) in [6.07, 6.45) is 0. The Morgan fingerprint density at radius 1 is 1.44 bits per heavy atom. The molecule has 94 valence electrons. The van der Waals surface area contributed by atoms with Crippen molar-refractivity contribution in [2.45, 2.75) is 17.8 Å². The first kappa shape index (κ1) is 12.4. The van der Waals surface area contributed by atoms with Gasteiger partial charge in [-0.05, 0) is 12.5 Å². The first-order valence-corrected chi connectivity index (χ1v) is 6.17. The number of carboxylic acids is 1. The minimum atomic E-state index is -1.18. The van der Waals surface area contributed by atoms with Gasteiger partial charge in [0.2, 0.25) is 5.16 Å². The number of nitrogens with two attached hydrogens (primary N) is 1. The number of thioether (sulfide) groups is 1. The number of hydrogen-bond donors (Lipinski definition) is 1. The molecule has 0 aliphatic rings. The van der Waals surface area contributed by atoms with Crippen molar-refractivity contribution in [1.82, 2.24) is 14.9 Å². The number of carbonyl (C=O) groups excluding carboxylic acids is 1. The minimum absolute atomic E-state index is 0.185. The molecule has 0 saturated heterocycles. The second-order valence-electron chi connectivity index (χ2n) is 3.63. The predicted molar refractivity (Wildman–Crippen MR) is 65.2 cm³/mol. The lowest BCUT2D eigenvalue weighted by molar-refractivity contribution is -0.255. The standard InChI is InChI=1S/C11H12N4O2S/c1-7-13-14-11(15(7)12)18-6-8-4-2-3-5-9(8)10(16)17/h2-5H,6,12H2,1H3,(H,16,17)/p-1. The van der Waals surface area contributed by atoms with E-state index in [4.69, 9.17) is 5.84 Å². The van der Waals surface area contributed by atoms with Crippen LogP contribution in [-0.4, -0.2) is 20.8 Å². The number of aromatic nitrogens is 3. The van der Waals surface area contributed by atoms with Gasteiger partial charge in [0, 0.05) is 11.3 Å². The van der Waals surface area contributed by atoms with Crippen LogP contribution in [0.15, 0.2) is 29.4 Å². The summed E-state index contributed by atoms with van der Waals surface area (Å²) in [5.74, 6) is 5.57. The number of rotatable bonds is 4. The summed E-state index contributed by atoms with van der Waals surface area (Å²) in [5.41, 5.74) is 0.855. The molecule has 7 heteroatoms. The third kappa shape index (κ3) is 2.45. The zero-order valence-electron chi connectivity index (χ0n) is 9.66. The Bertz CT molecular complexity index is 582. The molecule has 1 aromatic heterocycles. The van der Waals surface area contributed by atoms with Crippen LogP contribution in [0, 0.1) is 6.92 Å². The van der Waals surface area contributed by atoms with Crippen molar-refractivity contribution in [3.8, 4) is 0 Å². The van der Waals surface area contributed by atoms with Gasteiger partial charge < -0.3 is 15.7 Å². The number of benzene rings is 1. The van der Waals surface area contributed by atoms with Crippen LogP contribution < -0.4 is 10.9 Å². The lowest BCUT2D eigenvalue weighted by Crippen LogP contribution is -2.23. The van der Waals surface area contributed by atoms with Crippen molar-refractivity contribution >= 4 is 17.7 Å². The Balaban J connectivity index is 2.16. The van der Waals surface area contributed by atoms with Crippen molar-refractivity contribution in [3.63, 3.8) is 0 Å². The molecule has 0 aliphatic heterocycles. The Morgan fingerprint density at radius 3 is 2.78 bits per heavy atom. The van der Waals surface area contributed by atoms with Gasteiger partial charge in [0.25, 0.3) is 0 Å². The molecule has 0 saturated carbocycles. The van der Waals surface area contributed by atoms with Crippen molar-refractivity contribution in [2.75, 3.05) is 5.84 Å². The number of hydrogen-bond acceptors (Lipinski definition) is 6. The largest absolute Gasteiger partial charge is 0.545 e. The monoisotopic (exact) mass is 263 g/mol. The second kappa shape index (κ2) is 5.09. The van der Waals surface area contributed by atoms with E-state index in [9.17, 15) is 9.90 Å². The van der Waals surface area contributed by atoms with Gasteiger partial charge in [0.1, 0.15) is 5.82 Å². The van der Waals surface area contributed by atoms with E-state index in [2.05, 4.69) is 10.2 Å². The van der Waals surface area contributed by atoms with Crippen LogP contribution in [0.25, 0.3) is 0 Å². The quantitative estimate of drug-likeness (QED) is 0.614. The SMILES string of the molecule is Cc1nnc(SCc2ccccc2C(=O)[O-])n1N. The lowest BCUT2D eigenvalue weighted by Gasteiger charge is -2.09. The van der Waals surface area contributed by atoms with Gasteiger partial charge in [-0.2, -0.15) is 0 Å². The highest BCUT2D eigenvalue weighted by Gasteiger charge is 2.08. The molecule has 0 spiro atoms. The fourth-order valence-electron chi connectivity index (χ4n) is 1.44. The van der Waals surface area contributed by atoms with Crippen molar-refractivity contribution in [3.05, 3.63) is 41.2 Å². The van der Waals surface area contributed by atoms with E-state index in [0.717, 1.165) is 0 Å². The molecule has 2 rings (SSSR count). The summed E-state index contributed by atoms with van der Waals surface area (Å²) < 4.78 is 1.37. The average Bonchev–Trinajstić information content (AvgIpc) is 2.68. The molecule has 0 unspecified atom stereocenters. The number of aromatic carboxylic acids is 1. The van der Waals surface area contributed by atoms with Gasteiger partial charge >= 0.3 is 0 Å². The average molecular weight is 263 g/mol. The number of aryl methyl sites for hydroxylation is 1. The summed E-state index contributed by atoms with van der Waals surface area (Å²) in [4.78, 5) is 10.9. The summed E-state index contributed by atoms with van der Waals surface area (Å²) >= 11 is 1.33. The molecular weight excluding hydrogens is 252 g/mol. The molecule has 0 fully saturated rings. The summed E-state index contributed by atoms with van der Waals surface area (Å²) in [6, 6.07) is 6.70. The van der Waals surface area contributed by atoms with Crippen LogP contribution in [0.1, 0.15) is 21.7 Å². The van der Waals surface area contributed by atoms with E-state index in [-0.39, 0.29) is 5.56 Å². The fraction of sp³-hybridized carbons (Fsp3) is 0.182. The van der Waals surface area contributed by atoms with Crippen LogP contribution in [0.5, 0.6) is 0 Å². The van der Waals surface area contributed by atoms with Crippen LogP contribution >= 0.6 is 11.8 Å². The second-order valence-corrected chi connectivity index (χ2v) is 4.58. The zero-order valence-corrected chi connectivity index (χ0v) is 10.5. The molecule has 0 bridgehead atoms. The molecule has 6 nitrogen and oxygen atoms in total. The molecule has 0 atom stereocenters. The van der Waals surface area contributed by atoms with Gasteiger partial charge in [0.15, 0.2) is 0 Å². The molecule has 1 heterocycles. The van der Waals surface area contributed by atoms with Gasteiger partial charge in [-0.3, -0.25) is 0 Å². The minimum Gasteiger partial charge on any atom is -0.545 e. The number of nitrogen functional groups attached to an aromatic ring is 1. The Hall–Kier alpha value is -2.02. The smallest absolute Gasteiger partial charge is 0.210 e. The van der Waals surface area contributed by atoms with Crippen LogP contribution in [0.4, 0.5) is 0 Å². The van der Waals surface area contributed by atoms with E-state index < -0.39 is 5.97 Å². The maximum Gasteiger partial charge on any atom is 0.210 e. The first-order valence-electron chi connectivity index (χ1n) is 5.18. The number of carbonyl (C=O) groups is 1. The van der Waals surface area contributed by atoms with E-state index >= 15 is 0 Å². The number of nitrogens with zero attached hydrogens (tertiary/aromatic N) is 3. The van der Waals surface area contributed by atoms with Crippen molar-refractivity contribution < 1.29 is 9.90 Å². The molecule has 2 N–H and O–H groups in total. The Labute approximate surface area is 108 Å². The third-order valence-electron chi connectivity index (χ3n) is 2.43. The van der Waals surface area contributed by atoms with E-state index in [0.29, 0.717) is 22.3 Å². The van der Waals surface area contributed by atoms with E-state index in [1.54, 1.807) is 25.1 Å². The maximum atomic E-state index is 10.9. The molecule has 0 aliphatic carbocycles. The fourth-order valence-corrected chi connectivity index (χ4v) is 2.34. The first-order chi connectivity index (χ1) is 8.59. The predicted octanol–water partition coefficient (Wildman–Crippen LogP) is -0.0439.